The fourth-order valence-electron chi connectivity index (χ4n) is 3.48. The molecule has 0 unspecified atom stereocenters. The fraction of sp³-hybridized carbons (Fsp3) is 0.261. The maximum atomic E-state index is 12.7. The molecule has 6 nitrogen and oxygen atoms in total. The van der Waals surface area contributed by atoms with Gasteiger partial charge in [-0.15, -0.1) is 22.7 Å². The highest BCUT2D eigenvalue weighted by Gasteiger charge is 2.15. The van der Waals surface area contributed by atoms with Crippen molar-refractivity contribution in [2.24, 2.45) is 7.05 Å². The first-order valence-corrected chi connectivity index (χ1v) is 11.6. The molecular weight excluding hydrogens is 428 g/mol. The van der Waals surface area contributed by atoms with Crippen molar-refractivity contribution in [1.29, 1.82) is 0 Å². The zero-order valence-electron chi connectivity index (χ0n) is 18.1. The molecule has 3 aromatic heterocycles. The van der Waals surface area contributed by atoms with Crippen molar-refractivity contribution in [1.82, 2.24) is 14.8 Å². The van der Waals surface area contributed by atoms with Crippen molar-refractivity contribution in [2.45, 2.75) is 34.3 Å². The number of hydrogen-bond acceptors (Lipinski definition) is 6. The highest BCUT2D eigenvalue weighted by molar-refractivity contribution is 7.14. The van der Waals surface area contributed by atoms with Gasteiger partial charge in [-0.25, -0.2) is 4.98 Å². The number of thiazole rings is 1. The minimum atomic E-state index is -0.164. The van der Waals surface area contributed by atoms with Crippen molar-refractivity contribution in [3.05, 3.63) is 68.0 Å². The van der Waals surface area contributed by atoms with Gasteiger partial charge in [-0.05, 0) is 50.3 Å². The molecule has 0 saturated heterocycles. The third-order valence-electron chi connectivity index (χ3n) is 5.10. The summed E-state index contributed by atoms with van der Waals surface area (Å²) in [7, 11) is 1.90. The van der Waals surface area contributed by atoms with Gasteiger partial charge in [0.15, 0.2) is 5.13 Å². The van der Waals surface area contributed by atoms with E-state index >= 15 is 0 Å². The number of thiophene rings is 1. The van der Waals surface area contributed by atoms with Crippen LogP contribution in [0.4, 0.5) is 5.13 Å². The predicted molar refractivity (Wildman–Crippen MR) is 126 cm³/mol. The fourth-order valence-corrected chi connectivity index (χ4v) is 4.98. The molecule has 0 saturated carbocycles. The van der Waals surface area contributed by atoms with Crippen LogP contribution in [-0.4, -0.2) is 20.7 Å². The van der Waals surface area contributed by atoms with E-state index in [0.717, 1.165) is 39.4 Å². The Bertz CT molecular complexity index is 1230. The summed E-state index contributed by atoms with van der Waals surface area (Å²) < 4.78 is 7.85. The molecule has 1 aromatic carbocycles. The van der Waals surface area contributed by atoms with E-state index in [1.165, 1.54) is 28.2 Å². The van der Waals surface area contributed by atoms with Gasteiger partial charge in [-0.3, -0.25) is 14.8 Å². The Morgan fingerprint density at radius 1 is 1.10 bits per heavy atom. The summed E-state index contributed by atoms with van der Waals surface area (Å²) in [6.45, 7) is 8.61. The number of ether oxygens (including phenoxy) is 1. The molecule has 0 radical (unpaired) electrons. The maximum Gasteiger partial charge on any atom is 0.267 e. The van der Waals surface area contributed by atoms with E-state index in [0.29, 0.717) is 16.6 Å². The molecular formula is C23H24N4O2S2. The van der Waals surface area contributed by atoms with Crippen LogP contribution in [0.2, 0.25) is 0 Å². The molecule has 0 aliphatic carbocycles. The average Bonchev–Trinajstić information content (AvgIpc) is 3.43. The molecule has 0 aliphatic rings. The number of aromatic nitrogens is 3. The van der Waals surface area contributed by atoms with Crippen molar-refractivity contribution < 1.29 is 9.53 Å². The number of nitrogens with zero attached hydrogens (tertiary/aromatic N) is 3. The van der Waals surface area contributed by atoms with Crippen LogP contribution in [0.5, 0.6) is 5.75 Å². The largest absolute Gasteiger partial charge is 0.488 e. The third kappa shape index (κ3) is 4.55. The third-order valence-corrected chi connectivity index (χ3v) is 6.84. The lowest BCUT2D eigenvalue weighted by atomic mass is 10.1. The number of benzene rings is 1. The zero-order chi connectivity index (χ0) is 22.1. The first-order valence-electron chi connectivity index (χ1n) is 9.85. The summed E-state index contributed by atoms with van der Waals surface area (Å²) in [5, 5.41) is 11.6. The van der Waals surface area contributed by atoms with Crippen molar-refractivity contribution in [3.8, 4) is 17.0 Å². The number of amides is 1. The number of anilines is 1. The Labute approximate surface area is 189 Å². The van der Waals surface area contributed by atoms with E-state index in [4.69, 9.17) is 4.74 Å². The van der Waals surface area contributed by atoms with Crippen LogP contribution in [0.15, 0.2) is 35.2 Å². The molecule has 160 valence electrons. The molecule has 4 aromatic rings. The van der Waals surface area contributed by atoms with Crippen LogP contribution in [0.25, 0.3) is 11.3 Å². The van der Waals surface area contributed by atoms with E-state index in [9.17, 15) is 4.79 Å². The van der Waals surface area contributed by atoms with E-state index < -0.39 is 0 Å². The number of rotatable bonds is 6. The molecule has 1 amide bonds. The summed E-state index contributed by atoms with van der Waals surface area (Å²) in [4.78, 5) is 17.8. The number of carbonyl (C=O) groups excluding carboxylic acids is 1. The minimum absolute atomic E-state index is 0.164. The van der Waals surface area contributed by atoms with Gasteiger partial charge in [0.1, 0.15) is 12.4 Å². The van der Waals surface area contributed by atoms with Crippen LogP contribution in [0.1, 0.15) is 37.6 Å². The van der Waals surface area contributed by atoms with Gasteiger partial charge in [-0.2, -0.15) is 5.10 Å². The Hall–Kier alpha value is -2.97. The van der Waals surface area contributed by atoms with Gasteiger partial charge >= 0.3 is 0 Å². The molecule has 0 bridgehead atoms. The van der Waals surface area contributed by atoms with E-state index in [-0.39, 0.29) is 5.91 Å². The molecule has 4 rings (SSSR count). The summed E-state index contributed by atoms with van der Waals surface area (Å²) in [5.41, 5.74) is 7.25. The molecule has 31 heavy (non-hydrogen) atoms. The standard InChI is InChI=1S/C23H24N4O2S2/c1-13-6-14(2)21(15(3)7-13)29-10-17-8-20(30-11-17)22(28)26-23-25-19(12-31-23)18-9-24-27(5)16(18)4/h6-9,11-12H,10H2,1-5H3,(H,25,26,28). The van der Waals surface area contributed by atoms with E-state index in [1.54, 1.807) is 6.20 Å². The van der Waals surface area contributed by atoms with Crippen LogP contribution < -0.4 is 10.1 Å². The lowest BCUT2D eigenvalue weighted by Gasteiger charge is -2.12. The summed E-state index contributed by atoms with van der Waals surface area (Å²) >= 11 is 2.81. The Kier molecular flexibility index (Phi) is 5.93. The second kappa shape index (κ2) is 8.64. The zero-order valence-corrected chi connectivity index (χ0v) is 19.8. The summed E-state index contributed by atoms with van der Waals surface area (Å²) in [6.07, 6.45) is 1.79. The maximum absolute atomic E-state index is 12.7. The molecule has 1 N–H and O–H groups in total. The van der Waals surface area contributed by atoms with Crippen LogP contribution in [-0.2, 0) is 13.7 Å². The van der Waals surface area contributed by atoms with E-state index in [2.05, 4.69) is 48.3 Å². The molecule has 0 aliphatic heterocycles. The number of hydrogen-bond donors (Lipinski definition) is 1. The molecule has 3 heterocycles. The second-order valence-corrected chi connectivity index (χ2v) is 9.36. The summed E-state index contributed by atoms with van der Waals surface area (Å²) in [5.74, 6) is 0.742. The highest BCUT2D eigenvalue weighted by Crippen LogP contribution is 2.29. The average molecular weight is 453 g/mol. The number of carbonyl (C=O) groups is 1. The van der Waals surface area contributed by atoms with Gasteiger partial charge in [0, 0.05) is 29.2 Å². The molecule has 0 atom stereocenters. The lowest BCUT2D eigenvalue weighted by molar-refractivity contribution is 0.103. The predicted octanol–water partition coefficient (Wildman–Crippen LogP) is 5.67. The van der Waals surface area contributed by atoms with E-state index in [1.807, 2.05) is 35.5 Å². The van der Waals surface area contributed by atoms with Crippen LogP contribution >= 0.6 is 22.7 Å². The molecule has 8 heteroatoms. The summed E-state index contributed by atoms with van der Waals surface area (Å²) in [6, 6.07) is 6.10. The molecule has 0 fully saturated rings. The first-order chi connectivity index (χ1) is 14.8. The van der Waals surface area contributed by atoms with Crippen molar-refractivity contribution in [2.75, 3.05) is 5.32 Å². The smallest absolute Gasteiger partial charge is 0.267 e. The minimum Gasteiger partial charge on any atom is -0.488 e. The second-order valence-electron chi connectivity index (χ2n) is 7.60. The van der Waals surface area contributed by atoms with Crippen molar-refractivity contribution in [3.63, 3.8) is 0 Å². The van der Waals surface area contributed by atoms with Gasteiger partial charge in [0.25, 0.3) is 5.91 Å². The number of aryl methyl sites for hydroxylation is 4. The van der Waals surface area contributed by atoms with Gasteiger partial charge in [0.05, 0.1) is 16.8 Å². The monoisotopic (exact) mass is 452 g/mol. The quantitative estimate of drug-likeness (QED) is 0.409. The van der Waals surface area contributed by atoms with Gasteiger partial charge in [0.2, 0.25) is 0 Å². The van der Waals surface area contributed by atoms with Gasteiger partial charge in [-0.1, -0.05) is 17.7 Å². The van der Waals surface area contributed by atoms with Crippen LogP contribution in [0, 0.1) is 27.7 Å². The highest BCUT2D eigenvalue weighted by atomic mass is 32.1. The number of nitrogens with one attached hydrogen (secondary N) is 1. The Morgan fingerprint density at radius 2 is 1.84 bits per heavy atom. The van der Waals surface area contributed by atoms with Gasteiger partial charge < -0.3 is 4.74 Å². The Morgan fingerprint density at radius 3 is 2.52 bits per heavy atom. The van der Waals surface area contributed by atoms with Crippen LogP contribution in [0.3, 0.4) is 0 Å². The normalized spacial score (nSPS) is 11.0. The van der Waals surface area contributed by atoms with Crippen molar-refractivity contribution >= 4 is 33.7 Å². The SMILES string of the molecule is Cc1cc(C)c(OCc2csc(C(=O)Nc3nc(-c4cnn(C)c4C)cs3)c2)c(C)c1. The lowest BCUT2D eigenvalue weighted by Crippen LogP contribution is -2.10. The molecule has 0 spiro atoms. The first kappa shape index (κ1) is 21.3. The topological polar surface area (TPSA) is 69.0 Å². The Balaban J connectivity index is 1.40.